The van der Waals surface area contributed by atoms with E-state index in [1.54, 1.807) is 0 Å². The molecular formula is C47H54Cl2N10O2. The van der Waals surface area contributed by atoms with E-state index in [0.29, 0.717) is 35.7 Å². The van der Waals surface area contributed by atoms with Crippen LogP contribution in [0.5, 0.6) is 0 Å². The average molecular weight is 862 g/mol. The molecule has 0 atom stereocenters. The van der Waals surface area contributed by atoms with Crippen molar-refractivity contribution >= 4 is 80.1 Å². The smallest absolute Gasteiger partial charge is 0.226 e. The molecule has 4 heterocycles. The molecule has 0 aliphatic carbocycles. The minimum atomic E-state index is -0.0167. The number of aromatic nitrogens is 4. The molecule has 2 amide bonds. The van der Waals surface area contributed by atoms with Crippen LogP contribution in [0.15, 0.2) is 84.9 Å². The summed E-state index contributed by atoms with van der Waals surface area (Å²) >= 11 is 11.8. The number of amides is 2. The Hall–Kier alpha value is -5.40. The summed E-state index contributed by atoms with van der Waals surface area (Å²) in [6.45, 7) is 11.9. The molecule has 2 aromatic heterocycles. The minimum Gasteiger partial charge on any atom is -0.339 e. The fourth-order valence-electron chi connectivity index (χ4n) is 7.49. The van der Waals surface area contributed by atoms with Gasteiger partial charge in [-0.05, 0) is 126 Å². The Kier molecular flexibility index (Phi) is 14.6. The standard InChI is InChI=1S/C24H28ClN5O.C23H26ClN5O/c1-17-21-16-20(27-23(31)11-6-18-4-7-19(25)8-5-18)9-10-22(21)28-24(26-17)30-13-3-12-29(2)14-15-30;1-16-20-15-19(26-22(30)10-5-17-3-6-18(24)7-4-17)8-9-21(20)27-23(25-16)29-13-11-28(2)12-14-29/h4-5,7-10,16H,3,6,11-15H2,1-2H3,(H,27,31);3-4,6-9,15H,5,10-14H2,1-2H3,(H,26,30). The summed E-state index contributed by atoms with van der Waals surface area (Å²) in [4.78, 5) is 53.0. The van der Waals surface area contributed by atoms with Crippen LogP contribution in [0, 0.1) is 13.8 Å². The highest BCUT2D eigenvalue weighted by Gasteiger charge is 2.19. The third-order valence-electron chi connectivity index (χ3n) is 11.2. The van der Waals surface area contributed by atoms with Crippen molar-refractivity contribution < 1.29 is 9.59 Å². The predicted molar refractivity (Wildman–Crippen MR) is 249 cm³/mol. The summed E-state index contributed by atoms with van der Waals surface area (Å²) in [5.74, 6) is 1.54. The van der Waals surface area contributed by atoms with E-state index < -0.39 is 0 Å². The number of piperazine rings is 1. The Labute approximate surface area is 368 Å². The number of halogens is 2. The van der Waals surface area contributed by atoms with E-state index in [0.717, 1.165) is 126 Å². The molecule has 61 heavy (non-hydrogen) atoms. The van der Waals surface area contributed by atoms with Crippen LogP contribution in [-0.2, 0) is 22.4 Å². The molecule has 2 fully saturated rings. The number of rotatable bonds is 10. The van der Waals surface area contributed by atoms with E-state index in [1.165, 1.54) is 0 Å². The number of carbonyl (C=O) groups is 2. The van der Waals surface area contributed by atoms with Crippen LogP contribution in [0.2, 0.25) is 10.0 Å². The SMILES string of the molecule is Cc1nc(N2CCCN(C)CC2)nc2ccc(NC(=O)CCc3ccc(Cl)cc3)cc12.Cc1nc(N2CCN(C)CC2)nc2ccc(NC(=O)CCc3ccc(Cl)cc3)cc12. The lowest BCUT2D eigenvalue weighted by atomic mass is 10.1. The molecule has 0 radical (unpaired) electrons. The van der Waals surface area contributed by atoms with Gasteiger partial charge < -0.3 is 30.2 Å². The van der Waals surface area contributed by atoms with Gasteiger partial charge in [-0.25, -0.2) is 19.9 Å². The quantitative estimate of drug-likeness (QED) is 0.139. The zero-order chi connectivity index (χ0) is 42.9. The van der Waals surface area contributed by atoms with Crippen molar-refractivity contribution in [2.75, 3.05) is 86.9 Å². The molecule has 0 spiro atoms. The largest absolute Gasteiger partial charge is 0.339 e. The lowest BCUT2D eigenvalue weighted by Gasteiger charge is -2.32. The normalized spacial score (nSPS) is 15.0. The Morgan fingerprint density at radius 2 is 0.951 bits per heavy atom. The first-order valence-electron chi connectivity index (χ1n) is 21.0. The van der Waals surface area contributed by atoms with Crippen LogP contribution in [-0.4, -0.2) is 108 Å². The van der Waals surface area contributed by atoms with E-state index in [1.807, 2.05) is 98.8 Å². The molecule has 4 aromatic carbocycles. The van der Waals surface area contributed by atoms with Crippen LogP contribution < -0.4 is 20.4 Å². The lowest BCUT2D eigenvalue weighted by Crippen LogP contribution is -2.45. The van der Waals surface area contributed by atoms with Crippen LogP contribution in [0.1, 0.15) is 41.8 Å². The van der Waals surface area contributed by atoms with Crippen LogP contribution in [0.25, 0.3) is 21.8 Å². The van der Waals surface area contributed by atoms with Crippen molar-refractivity contribution in [3.63, 3.8) is 0 Å². The zero-order valence-corrected chi connectivity index (χ0v) is 36.9. The Morgan fingerprint density at radius 1 is 0.541 bits per heavy atom. The van der Waals surface area contributed by atoms with Crippen molar-refractivity contribution in [2.24, 2.45) is 0 Å². The van der Waals surface area contributed by atoms with Gasteiger partial charge in [0, 0.05) is 90.8 Å². The van der Waals surface area contributed by atoms with Crippen LogP contribution in [0.3, 0.4) is 0 Å². The molecule has 0 saturated carbocycles. The number of fused-ring (bicyclic) bond motifs is 2. The first kappa shape index (κ1) is 43.7. The first-order valence-corrected chi connectivity index (χ1v) is 21.7. The maximum atomic E-state index is 12.4. The summed E-state index contributed by atoms with van der Waals surface area (Å²) in [6, 6.07) is 26.8. The Bertz CT molecular complexity index is 2460. The highest BCUT2D eigenvalue weighted by molar-refractivity contribution is 6.30. The molecule has 12 nitrogen and oxygen atoms in total. The number of carbonyl (C=O) groups excluding carboxylic acids is 2. The van der Waals surface area contributed by atoms with E-state index in [4.69, 9.17) is 43.1 Å². The summed E-state index contributed by atoms with van der Waals surface area (Å²) in [6.07, 6.45) is 3.28. The zero-order valence-electron chi connectivity index (χ0n) is 35.4. The molecule has 0 unspecified atom stereocenters. The maximum absolute atomic E-state index is 12.4. The van der Waals surface area contributed by atoms with Crippen LogP contribution >= 0.6 is 23.2 Å². The van der Waals surface area contributed by atoms with Gasteiger partial charge in [0.15, 0.2) is 0 Å². The monoisotopic (exact) mass is 860 g/mol. The second-order valence-corrected chi connectivity index (χ2v) is 16.8. The van der Waals surface area contributed by atoms with Gasteiger partial charge in [0.05, 0.1) is 22.4 Å². The van der Waals surface area contributed by atoms with Gasteiger partial charge in [-0.1, -0.05) is 47.5 Å². The number of hydrogen-bond donors (Lipinski definition) is 2. The summed E-state index contributed by atoms with van der Waals surface area (Å²) in [5, 5.41) is 9.32. The van der Waals surface area contributed by atoms with Gasteiger partial charge in [0.25, 0.3) is 0 Å². The second-order valence-electron chi connectivity index (χ2n) is 16.0. The predicted octanol–water partition coefficient (Wildman–Crippen LogP) is 8.22. The van der Waals surface area contributed by atoms with Gasteiger partial charge >= 0.3 is 0 Å². The van der Waals surface area contributed by atoms with Crippen molar-refractivity contribution in [3.05, 3.63) is 117 Å². The average Bonchev–Trinajstić information content (AvgIpc) is 3.48. The van der Waals surface area contributed by atoms with E-state index in [9.17, 15) is 9.59 Å². The van der Waals surface area contributed by atoms with Gasteiger partial charge in [-0.2, -0.15) is 0 Å². The van der Waals surface area contributed by atoms with Crippen molar-refractivity contribution in [2.45, 2.75) is 46.0 Å². The number of aryl methyl sites for hydroxylation is 4. The van der Waals surface area contributed by atoms with E-state index in [2.05, 4.69) is 44.3 Å². The van der Waals surface area contributed by atoms with Crippen molar-refractivity contribution in [3.8, 4) is 0 Å². The van der Waals surface area contributed by atoms with Gasteiger partial charge in [-0.3, -0.25) is 9.59 Å². The molecule has 2 aliphatic heterocycles. The molecule has 2 aliphatic rings. The summed E-state index contributed by atoms with van der Waals surface area (Å²) in [5.41, 5.74) is 7.37. The number of benzene rings is 4. The number of likely N-dealkylation sites (N-methyl/N-ethyl adjacent to an activating group) is 2. The molecular weight excluding hydrogens is 807 g/mol. The molecule has 6 aromatic rings. The number of hydrogen-bond acceptors (Lipinski definition) is 10. The third kappa shape index (κ3) is 12.1. The highest BCUT2D eigenvalue weighted by Crippen LogP contribution is 2.26. The Balaban J connectivity index is 0.000000184. The molecule has 8 rings (SSSR count). The maximum Gasteiger partial charge on any atom is 0.226 e. The number of nitrogens with zero attached hydrogens (tertiary/aromatic N) is 8. The van der Waals surface area contributed by atoms with Gasteiger partial charge in [-0.15, -0.1) is 0 Å². The molecule has 0 bridgehead atoms. The van der Waals surface area contributed by atoms with Crippen molar-refractivity contribution in [1.29, 1.82) is 0 Å². The topological polar surface area (TPSA) is 123 Å². The fraction of sp³-hybridized carbons (Fsp3) is 0.362. The first-order chi connectivity index (χ1) is 29.4. The minimum absolute atomic E-state index is 0.0156. The lowest BCUT2D eigenvalue weighted by molar-refractivity contribution is -0.117. The molecule has 318 valence electrons. The highest BCUT2D eigenvalue weighted by atomic mass is 35.5. The number of nitrogens with one attached hydrogen (secondary N) is 2. The summed E-state index contributed by atoms with van der Waals surface area (Å²) < 4.78 is 0. The van der Waals surface area contributed by atoms with Crippen molar-refractivity contribution in [1.82, 2.24) is 29.7 Å². The molecule has 2 saturated heterocycles. The second kappa shape index (κ2) is 20.4. The third-order valence-corrected chi connectivity index (χ3v) is 11.7. The molecule has 2 N–H and O–H groups in total. The molecule has 14 heteroatoms. The summed E-state index contributed by atoms with van der Waals surface area (Å²) in [7, 11) is 4.29. The van der Waals surface area contributed by atoms with E-state index >= 15 is 0 Å². The van der Waals surface area contributed by atoms with Gasteiger partial charge in [0.2, 0.25) is 23.7 Å². The number of anilines is 4. The van der Waals surface area contributed by atoms with Crippen LogP contribution in [0.4, 0.5) is 23.3 Å². The van der Waals surface area contributed by atoms with Gasteiger partial charge in [0.1, 0.15) is 0 Å². The van der Waals surface area contributed by atoms with E-state index in [-0.39, 0.29) is 11.8 Å². The Morgan fingerprint density at radius 3 is 1.39 bits per heavy atom. The fourth-order valence-corrected chi connectivity index (χ4v) is 7.74.